The molecule has 0 aliphatic rings. The Kier molecular flexibility index (Phi) is 5.24. The number of hydrogen-bond donors (Lipinski definition) is 1. The molecule has 6 nitrogen and oxygen atoms in total. The summed E-state index contributed by atoms with van der Waals surface area (Å²) in [5.41, 5.74) is 2.90. The number of rotatable bonds is 5. The Balaban J connectivity index is 1.77. The molecule has 1 N–H and O–H groups in total. The van der Waals surface area contributed by atoms with E-state index in [0.29, 0.717) is 16.9 Å². The number of halogens is 3. The highest BCUT2D eigenvalue weighted by Gasteiger charge is 2.31. The number of anilines is 2. The van der Waals surface area contributed by atoms with Gasteiger partial charge in [0.15, 0.2) is 0 Å². The average Bonchev–Trinajstić information content (AvgIpc) is 3.15. The quantitative estimate of drug-likeness (QED) is 0.494. The van der Waals surface area contributed by atoms with E-state index in [1.165, 1.54) is 22.8 Å². The van der Waals surface area contributed by atoms with Crippen molar-refractivity contribution in [1.82, 2.24) is 14.3 Å². The highest BCUT2D eigenvalue weighted by molar-refractivity contribution is 5.80. The largest absolute Gasteiger partial charge is 0.573 e. The van der Waals surface area contributed by atoms with Gasteiger partial charge >= 0.3 is 6.36 Å². The molecule has 0 amide bonds. The van der Waals surface area contributed by atoms with E-state index < -0.39 is 6.36 Å². The van der Waals surface area contributed by atoms with E-state index in [2.05, 4.69) is 15.2 Å². The normalized spacial score (nSPS) is 11.4. The van der Waals surface area contributed by atoms with Crippen molar-refractivity contribution in [2.24, 2.45) is 7.05 Å². The lowest BCUT2D eigenvalue weighted by atomic mass is 10.1. The van der Waals surface area contributed by atoms with E-state index in [0.717, 1.165) is 23.4 Å². The van der Waals surface area contributed by atoms with Crippen LogP contribution in [0.3, 0.4) is 0 Å². The minimum atomic E-state index is -4.78. The van der Waals surface area contributed by atoms with Crippen LogP contribution in [0.2, 0.25) is 0 Å². The van der Waals surface area contributed by atoms with Gasteiger partial charge in [0.1, 0.15) is 5.75 Å². The second-order valence-corrected chi connectivity index (χ2v) is 6.74. The van der Waals surface area contributed by atoms with Gasteiger partial charge in [-0.05, 0) is 36.4 Å². The maximum atomic E-state index is 12.8. The molecule has 0 aliphatic heterocycles. The van der Waals surface area contributed by atoms with Crippen LogP contribution >= 0.6 is 0 Å². The summed E-state index contributed by atoms with van der Waals surface area (Å²) in [7, 11) is 1.78. The first-order valence-electron chi connectivity index (χ1n) is 9.22. The minimum absolute atomic E-state index is 0.351. The smallest absolute Gasteiger partial charge is 0.406 e. The summed E-state index contributed by atoms with van der Waals surface area (Å²) in [5.74, 6) is -0.362. The maximum absolute atomic E-state index is 12.8. The van der Waals surface area contributed by atoms with Crippen LogP contribution in [-0.4, -0.2) is 20.7 Å². The fraction of sp³-hybridized carbons (Fsp3) is 0.0909. The number of hydrogen-bond acceptors (Lipinski definition) is 4. The van der Waals surface area contributed by atoms with Gasteiger partial charge in [-0.2, -0.15) is 5.10 Å². The molecule has 0 atom stereocenters. The molecule has 9 heteroatoms. The standard InChI is InChI=1S/C22H17F3N4O2/c1-28-13-15(12-26-28)19-14-29(17-7-9-18(10-8-17)31-22(23,24)25)21(30)11-20(19)27-16-5-3-2-4-6-16/h2-14,27H,1H3. The molecule has 0 fully saturated rings. The van der Waals surface area contributed by atoms with Crippen LogP contribution in [0.4, 0.5) is 24.5 Å². The second kappa shape index (κ2) is 8.02. The monoisotopic (exact) mass is 426 g/mol. The number of para-hydroxylation sites is 1. The van der Waals surface area contributed by atoms with Crippen molar-refractivity contribution < 1.29 is 17.9 Å². The van der Waals surface area contributed by atoms with E-state index in [1.807, 2.05) is 30.3 Å². The first-order chi connectivity index (χ1) is 14.8. The lowest BCUT2D eigenvalue weighted by Crippen LogP contribution is -2.19. The van der Waals surface area contributed by atoms with Gasteiger partial charge in [-0.25, -0.2) is 0 Å². The molecule has 0 aliphatic carbocycles. The highest BCUT2D eigenvalue weighted by atomic mass is 19.4. The van der Waals surface area contributed by atoms with Crippen LogP contribution in [0, 0.1) is 0 Å². The summed E-state index contributed by atoms with van der Waals surface area (Å²) in [6.07, 6.45) is 0.321. The zero-order valence-electron chi connectivity index (χ0n) is 16.3. The number of benzene rings is 2. The number of aryl methyl sites for hydroxylation is 1. The maximum Gasteiger partial charge on any atom is 0.573 e. The van der Waals surface area contributed by atoms with Gasteiger partial charge in [-0.1, -0.05) is 18.2 Å². The zero-order valence-corrected chi connectivity index (χ0v) is 16.3. The van der Waals surface area contributed by atoms with Crippen LogP contribution in [0.15, 0.2) is 84.0 Å². The number of nitrogens with zero attached hydrogens (tertiary/aromatic N) is 3. The summed E-state index contributed by atoms with van der Waals surface area (Å²) in [5, 5.41) is 7.43. The van der Waals surface area contributed by atoms with Crippen LogP contribution < -0.4 is 15.6 Å². The Morgan fingerprint density at radius 2 is 1.71 bits per heavy atom. The van der Waals surface area contributed by atoms with Gasteiger partial charge in [-0.3, -0.25) is 14.0 Å². The third-order valence-corrected chi connectivity index (χ3v) is 4.47. The molecule has 2 aromatic heterocycles. The lowest BCUT2D eigenvalue weighted by molar-refractivity contribution is -0.274. The van der Waals surface area contributed by atoms with Crippen molar-refractivity contribution >= 4 is 11.4 Å². The van der Waals surface area contributed by atoms with Crippen molar-refractivity contribution in [1.29, 1.82) is 0 Å². The molecule has 2 aromatic carbocycles. The number of nitrogens with one attached hydrogen (secondary N) is 1. The molecule has 158 valence electrons. The molecular formula is C22H17F3N4O2. The number of pyridine rings is 1. The number of aromatic nitrogens is 3. The van der Waals surface area contributed by atoms with Gasteiger partial charge in [0.2, 0.25) is 0 Å². The van der Waals surface area contributed by atoms with Crippen molar-refractivity contribution in [2.45, 2.75) is 6.36 Å². The predicted molar refractivity (Wildman–Crippen MR) is 111 cm³/mol. The zero-order chi connectivity index (χ0) is 22.0. The van der Waals surface area contributed by atoms with Crippen molar-refractivity contribution in [3.63, 3.8) is 0 Å². The molecule has 4 rings (SSSR count). The highest BCUT2D eigenvalue weighted by Crippen LogP contribution is 2.30. The Labute approximate surface area is 175 Å². The van der Waals surface area contributed by atoms with Crippen LogP contribution in [0.5, 0.6) is 5.75 Å². The molecular weight excluding hydrogens is 409 g/mol. The summed E-state index contributed by atoms with van der Waals surface area (Å²) < 4.78 is 44.1. The topological polar surface area (TPSA) is 61.1 Å². The molecule has 0 radical (unpaired) electrons. The molecule has 0 saturated carbocycles. The summed E-state index contributed by atoms with van der Waals surface area (Å²) in [6.45, 7) is 0. The molecule has 4 aromatic rings. The molecule has 0 saturated heterocycles. The third kappa shape index (κ3) is 4.77. The van der Waals surface area contributed by atoms with E-state index in [-0.39, 0.29) is 11.3 Å². The van der Waals surface area contributed by atoms with Crippen LogP contribution in [-0.2, 0) is 7.05 Å². The molecule has 0 bridgehead atoms. The van der Waals surface area contributed by atoms with Crippen LogP contribution in [0.25, 0.3) is 16.8 Å². The van der Waals surface area contributed by atoms with Gasteiger partial charge in [0.25, 0.3) is 5.56 Å². The number of alkyl halides is 3. The van der Waals surface area contributed by atoms with Crippen molar-refractivity contribution in [2.75, 3.05) is 5.32 Å². The van der Waals surface area contributed by atoms with E-state index in [4.69, 9.17) is 0 Å². The van der Waals surface area contributed by atoms with Crippen molar-refractivity contribution in [3.05, 3.63) is 89.6 Å². The predicted octanol–water partition coefficient (Wildman–Crippen LogP) is 4.88. The van der Waals surface area contributed by atoms with E-state index >= 15 is 0 Å². The summed E-state index contributed by atoms with van der Waals surface area (Å²) >= 11 is 0. The van der Waals surface area contributed by atoms with Gasteiger partial charge < -0.3 is 10.1 Å². The fourth-order valence-electron chi connectivity index (χ4n) is 3.11. The van der Waals surface area contributed by atoms with E-state index in [9.17, 15) is 18.0 Å². The lowest BCUT2D eigenvalue weighted by Gasteiger charge is -2.15. The SMILES string of the molecule is Cn1cc(-c2cn(-c3ccc(OC(F)(F)F)cc3)c(=O)cc2Nc2ccccc2)cn1. The molecule has 0 spiro atoms. The van der Waals surface area contributed by atoms with E-state index in [1.54, 1.807) is 30.3 Å². The summed E-state index contributed by atoms with van der Waals surface area (Å²) in [4.78, 5) is 12.8. The number of ether oxygens (including phenoxy) is 1. The Morgan fingerprint density at radius 3 is 2.32 bits per heavy atom. The Morgan fingerprint density at radius 1 is 1.00 bits per heavy atom. The van der Waals surface area contributed by atoms with Gasteiger partial charge in [0, 0.05) is 48.0 Å². The van der Waals surface area contributed by atoms with Crippen molar-refractivity contribution in [3.8, 4) is 22.6 Å². The van der Waals surface area contributed by atoms with Crippen LogP contribution in [0.1, 0.15) is 0 Å². The minimum Gasteiger partial charge on any atom is -0.406 e. The first kappa shape index (κ1) is 20.3. The third-order valence-electron chi connectivity index (χ3n) is 4.47. The molecule has 31 heavy (non-hydrogen) atoms. The first-order valence-corrected chi connectivity index (χ1v) is 9.22. The summed E-state index contributed by atoms with van der Waals surface area (Å²) in [6, 6.07) is 15.9. The van der Waals surface area contributed by atoms with Gasteiger partial charge in [-0.15, -0.1) is 13.2 Å². The average molecular weight is 426 g/mol. The molecule has 2 heterocycles. The van der Waals surface area contributed by atoms with Gasteiger partial charge in [0.05, 0.1) is 11.9 Å². The second-order valence-electron chi connectivity index (χ2n) is 6.74. The molecule has 0 unspecified atom stereocenters. The Bertz CT molecular complexity index is 1250. The Hall–Kier alpha value is -4.01. The fourth-order valence-corrected chi connectivity index (χ4v) is 3.11.